The standard InChI is InChI=1S/C21H19ClN4O4/c1-14-11-15(22)4-5-17(14)29-13-19(27)25-6-8-26(9-7-25)21-16(12-23)24-20(30-21)18-3-2-10-28-18/h2-5,10-11H,6-9,13H2,1H3. The molecule has 1 saturated heterocycles. The van der Waals surface area contributed by atoms with Gasteiger partial charge in [0.15, 0.2) is 12.4 Å². The van der Waals surface area contributed by atoms with Crippen molar-refractivity contribution in [3.05, 3.63) is 52.9 Å². The van der Waals surface area contributed by atoms with Crippen LogP contribution < -0.4 is 9.64 Å². The number of rotatable bonds is 5. The Morgan fingerprint density at radius 2 is 2.10 bits per heavy atom. The smallest absolute Gasteiger partial charge is 0.266 e. The summed E-state index contributed by atoms with van der Waals surface area (Å²) in [6.45, 7) is 3.86. The maximum atomic E-state index is 12.5. The number of piperazine rings is 1. The molecule has 4 rings (SSSR count). The van der Waals surface area contributed by atoms with Crippen molar-refractivity contribution in [2.24, 2.45) is 0 Å². The SMILES string of the molecule is Cc1cc(Cl)ccc1OCC(=O)N1CCN(c2oc(-c3ccco3)nc2C#N)CC1. The van der Waals surface area contributed by atoms with Crippen molar-refractivity contribution in [2.75, 3.05) is 37.7 Å². The minimum Gasteiger partial charge on any atom is -0.483 e. The molecule has 0 atom stereocenters. The Hall–Kier alpha value is -3.44. The molecule has 9 heteroatoms. The number of aryl methyl sites for hydroxylation is 1. The van der Waals surface area contributed by atoms with E-state index in [-0.39, 0.29) is 24.1 Å². The molecule has 0 N–H and O–H groups in total. The summed E-state index contributed by atoms with van der Waals surface area (Å²) in [7, 11) is 0. The molecule has 1 amide bonds. The van der Waals surface area contributed by atoms with Crippen molar-refractivity contribution >= 4 is 23.4 Å². The predicted molar refractivity (Wildman–Crippen MR) is 109 cm³/mol. The third kappa shape index (κ3) is 4.11. The summed E-state index contributed by atoms with van der Waals surface area (Å²) in [5, 5.41) is 10.0. The first-order valence-electron chi connectivity index (χ1n) is 9.41. The van der Waals surface area contributed by atoms with Gasteiger partial charge in [0, 0.05) is 31.2 Å². The van der Waals surface area contributed by atoms with E-state index < -0.39 is 0 Å². The lowest BCUT2D eigenvalue weighted by Crippen LogP contribution is -2.50. The summed E-state index contributed by atoms with van der Waals surface area (Å²) in [5.41, 5.74) is 1.07. The topological polar surface area (TPSA) is 95.7 Å². The third-order valence-corrected chi connectivity index (χ3v) is 5.09. The van der Waals surface area contributed by atoms with Gasteiger partial charge in [-0.1, -0.05) is 11.6 Å². The molecule has 1 aliphatic heterocycles. The van der Waals surface area contributed by atoms with Crippen LogP contribution in [0.1, 0.15) is 11.3 Å². The third-order valence-electron chi connectivity index (χ3n) is 4.85. The number of furan rings is 1. The molecule has 0 unspecified atom stereocenters. The zero-order valence-electron chi connectivity index (χ0n) is 16.3. The number of anilines is 1. The van der Waals surface area contributed by atoms with Gasteiger partial charge in [-0.3, -0.25) is 4.79 Å². The average molecular weight is 427 g/mol. The molecule has 0 saturated carbocycles. The second-order valence-electron chi connectivity index (χ2n) is 6.83. The number of carbonyl (C=O) groups is 1. The van der Waals surface area contributed by atoms with Crippen molar-refractivity contribution in [2.45, 2.75) is 6.92 Å². The van der Waals surface area contributed by atoms with Crippen molar-refractivity contribution in [3.63, 3.8) is 0 Å². The van der Waals surface area contributed by atoms with E-state index in [1.165, 1.54) is 6.26 Å². The van der Waals surface area contributed by atoms with Crippen LogP contribution in [0.15, 0.2) is 45.4 Å². The largest absolute Gasteiger partial charge is 0.483 e. The van der Waals surface area contributed by atoms with Gasteiger partial charge < -0.3 is 23.4 Å². The second kappa shape index (κ2) is 8.51. The van der Waals surface area contributed by atoms with Crippen molar-refractivity contribution in [1.82, 2.24) is 9.88 Å². The highest BCUT2D eigenvalue weighted by Crippen LogP contribution is 2.29. The quantitative estimate of drug-likeness (QED) is 0.616. The minimum atomic E-state index is -0.0987. The van der Waals surface area contributed by atoms with E-state index >= 15 is 0 Å². The molecule has 2 aromatic heterocycles. The van der Waals surface area contributed by atoms with Crippen LogP contribution in [0.4, 0.5) is 5.88 Å². The number of carbonyl (C=O) groups excluding carboxylic acids is 1. The Bertz CT molecular complexity index is 1080. The minimum absolute atomic E-state index is 0.0448. The van der Waals surface area contributed by atoms with Crippen LogP contribution in [0.3, 0.4) is 0 Å². The lowest BCUT2D eigenvalue weighted by atomic mass is 10.2. The fraction of sp³-hybridized carbons (Fsp3) is 0.286. The monoisotopic (exact) mass is 426 g/mol. The van der Waals surface area contributed by atoms with Gasteiger partial charge in [-0.2, -0.15) is 10.2 Å². The molecule has 3 aromatic rings. The number of benzene rings is 1. The van der Waals surface area contributed by atoms with E-state index in [1.807, 2.05) is 11.8 Å². The molecule has 154 valence electrons. The maximum absolute atomic E-state index is 12.5. The van der Waals surface area contributed by atoms with Crippen molar-refractivity contribution < 1.29 is 18.4 Å². The lowest BCUT2D eigenvalue weighted by molar-refractivity contribution is -0.133. The van der Waals surface area contributed by atoms with E-state index in [4.69, 9.17) is 25.2 Å². The van der Waals surface area contributed by atoms with Gasteiger partial charge in [-0.05, 0) is 42.8 Å². The molecule has 0 aliphatic carbocycles. The first-order valence-corrected chi connectivity index (χ1v) is 9.79. The van der Waals surface area contributed by atoms with Crippen LogP contribution in [0.5, 0.6) is 5.75 Å². The van der Waals surface area contributed by atoms with Crippen LogP contribution in [0.2, 0.25) is 5.02 Å². The fourth-order valence-electron chi connectivity index (χ4n) is 3.27. The van der Waals surface area contributed by atoms with Crippen LogP contribution in [0.25, 0.3) is 11.7 Å². The molecule has 0 spiro atoms. The Kier molecular flexibility index (Phi) is 5.63. The number of hydrogen-bond donors (Lipinski definition) is 0. The first kappa shape index (κ1) is 19.9. The Labute approximate surface area is 178 Å². The lowest BCUT2D eigenvalue weighted by Gasteiger charge is -2.34. The average Bonchev–Trinajstić information content (AvgIpc) is 3.42. The van der Waals surface area contributed by atoms with Gasteiger partial charge in [0.25, 0.3) is 11.8 Å². The van der Waals surface area contributed by atoms with Crippen LogP contribution in [0, 0.1) is 18.3 Å². The van der Waals surface area contributed by atoms with Crippen LogP contribution >= 0.6 is 11.6 Å². The number of oxazole rings is 1. The molecule has 1 fully saturated rings. The van der Waals surface area contributed by atoms with Gasteiger partial charge in [0.1, 0.15) is 11.8 Å². The Balaban J connectivity index is 1.36. The van der Waals surface area contributed by atoms with Crippen LogP contribution in [-0.4, -0.2) is 48.6 Å². The van der Waals surface area contributed by atoms with E-state index in [0.29, 0.717) is 48.6 Å². The molecular weight excluding hydrogens is 408 g/mol. The zero-order chi connectivity index (χ0) is 21.1. The number of halogens is 1. The van der Waals surface area contributed by atoms with E-state index in [1.54, 1.807) is 35.2 Å². The van der Waals surface area contributed by atoms with Crippen molar-refractivity contribution in [1.29, 1.82) is 5.26 Å². The van der Waals surface area contributed by atoms with Gasteiger partial charge in [-0.25, -0.2) is 0 Å². The second-order valence-corrected chi connectivity index (χ2v) is 7.26. The summed E-state index contributed by atoms with van der Waals surface area (Å²) in [6, 6.07) is 10.8. The summed E-state index contributed by atoms with van der Waals surface area (Å²) in [4.78, 5) is 20.4. The molecule has 0 bridgehead atoms. The number of hydrogen-bond acceptors (Lipinski definition) is 7. The summed E-state index contributed by atoms with van der Waals surface area (Å²) in [5.74, 6) is 1.65. The zero-order valence-corrected chi connectivity index (χ0v) is 17.1. The number of aromatic nitrogens is 1. The van der Waals surface area contributed by atoms with E-state index in [0.717, 1.165) is 5.56 Å². The molecule has 8 nitrogen and oxygen atoms in total. The summed E-state index contributed by atoms with van der Waals surface area (Å²) < 4.78 is 16.7. The predicted octanol–water partition coefficient (Wildman–Crippen LogP) is 3.50. The van der Waals surface area contributed by atoms with Gasteiger partial charge in [0.2, 0.25) is 11.6 Å². The summed E-state index contributed by atoms with van der Waals surface area (Å²) in [6.07, 6.45) is 1.52. The van der Waals surface area contributed by atoms with Crippen LogP contribution in [-0.2, 0) is 4.79 Å². The number of amides is 1. The molecule has 0 radical (unpaired) electrons. The van der Waals surface area contributed by atoms with E-state index in [2.05, 4.69) is 11.1 Å². The Morgan fingerprint density at radius 3 is 2.77 bits per heavy atom. The molecular formula is C21H19ClN4O4. The fourth-order valence-corrected chi connectivity index (χ4v) is 3.50. The highest BCUT2D eigenvalue weighted by molar-refractivity contribution is 6.30. The first-order chi connectivity index (χ1) is 14.5. The van der Waals surface area contributed by atoms with Gasteiger partial charge >= 0.3 is 0 Å². The summed E-state index contributed by atoms with van der Waals surface area (Å²) >= 11 is 5.94. The molecule has 30 heavy (non-hydrogen) atoms. The highest BCUT2D eigenvalue weighted by Gasteiger charge is 2.27. The molecule has 1 aromatic carbocycles. The van der Waals surface area contributed by atoms with E-state index in [9.17, 15) is 10.1 Å². The molecule has 3 heterocycles. The Morgan fingerprint density at radius 1 is 1.30 bits per heavy atom. The maximum Gasteiger partial charge on any atom is 0.266 e. The number of ether oxygens (including phenoxy) is 1. The highest BCUT2D eigenvalue weighted by atomic mass is 35.5. The van der Waals surface area contributed by atoms with Gasteiger partial charge in [0.05, 0.1) is 6.26 Å². The van der Waals surface area contributed by atoms with Crippen molar-refractivity contribution in [3.8, 4) is 23.5 Å². The number of nitrogens with zero attached hydrogens (tertiary/aromatic N) is 4. The normalized spacial score (nSPS) is 13.9. The molecule has 1 aliphatic rings. The number of nitriles is 1. The van der Waals surface area contributed by atoms with Gasteiger partial charge in [-0.15, -0.1) is 0 Å².